The highest BCUT2D eigenvalue weighted by atomic mass is 127. The lowest BCUT2D eigenvalue weighted by Crippen LogP contribution is -2.39. The number of amides is 1. The summed E-state index contributed by atoms with van der Waals surface area (Å²) in [5.41, 5.74) is -0.469. The SMILES string of the molecule is CCCCOCCNC(=NCCCNC(=O)OC(C)(C)C)NCC.I. The Morgan fingerprint density at radius 3 is 2.32 bits per heavy atom. The minimum absolute atomic E-state index is 0. The molecule has 0 unspecified atom stereocenters. The molecule has 0 aromatic carbocycles. The molecule has 25 heavy (non-hydrogen) atoms. The van der Waals surface area contributed by atoms with Crippen LogP contribution in [-0.4, -0.2) is 57.0 Å². The van der Waals surface area contributed by atoms with Crippen LogP contribution in [0.15, 0.2) is 4.99 Å². The summed E-state index contributed by atoms with van der Waals surface area (Å²) >= 11 is 0. The number of rotatable bonds is 11. The van der Waals surface area contributed by atoms with Crippen molar-refractivity contribution in [2.24, 2.45) is 4.99 Å². The van der Waals surface area contributed by atoms with E-state index in [1.807, 2.05) is 27.7 Å². The first kappa shape index (κ1) is 26.5. The Labute approximate surface area is 170 Å². The Hall–Kier alpha value is -0.770. The molecule has 0 radical (unpaired) electrons. The third kappa shape index (κ3) is 19.4. The molecule has 0 bridgehead atoms. The number of alkyl carbamates (subject to hydrolysis) is 1. The van der Waals surface area contributed by atoms with E-state index in [9.17, 15) is 4.79 Å². The molecule has 0 spiro atoms. The predicted octanol–water partition coefficient (Wildman–Crippen LogP) is 2.89. The van der Waals surface area contributed by atoms with Crippen molar-refractivity contribution in [1.82, 2.24) is 16.0 Å². The first-order chi connectivity index (χ1) is 11.4. The average molecular weight is 472 g/mol. The summed E-state index contributed by atoms with van der Waals surface area (Å²) in [6, 6.07) is 0. The van der Waals surface area contributed by atoms with Gasteiger partial charge < -0.3 is 25.4 Å². The lowest BCUT2D eigenvalue weighted by atomic mass is 10.2. The molecule has 0 saturated heterocycles. The maximum absolute atomic E-state index is 11.5. The van der Waals surface area contributed by atoms with E-state index in [0.717, 1.165) is 44.9 Å². The second-order valence-electron chi connectivity index (χ2n) is 6.44. The van der Waals surface area contributed by atoms with Crippen molar-refractivity contribution in [3.63, 3.8) is 0 Å². The zero-order valence-electron chi connectivity index (χ0n) is 16.4. The third-order valence-electron chi connectivity index (χ3n) is 2.80. The van der Waals surface area contributed by atoms with Crippen LogP contribution in [0.1, 0.15) is 53.9 Å². The maximum atomic E-state index is 11.5. The molecule has 0 aromatic heterocycles. The van der Waals surface area contributed by atoms with Crippen molar-refractivity contribution in [3.05, 3.63) is 0 Å². The highest BCUT2D eigenvalue weighted by molar-refractivity contribution is 14.0. The van der Waals surface area contributed by atoms with Gasteiger partial charge >= 0.3 is 6.09 Å². The van der Waals surface area contributed by atoms with Crippen LogP contribution in [0, 0.1) is 0 Å². The number of ether oxygens (including phenoxy) is 2. The summed E-state index contributed by atoms with van der Waals surface area (Å²) < 4.78 is 10.7. The minimum atomic E-state index is -0.469. The van der Waals surface area contributed by atoms with E-state index in [1.165, 1.54) is 0 Å². The van der Waals surface area contributed by atoms with Gasteiger partial charge in [-0.1, -0.05) is 13.3 Å². The molecule has 0 saturated carbocycles. The number of nitrogens with one attached hydrogen (secondary N) is 3. The second kappa shape index (κ2) is 16.7. The fourth-order valence-electron chi connectivity index (χ4n) is 1.71. The van der Waals surface area contributed by atoms with Crippen LogP contribution >= 0.6 is 24.0 Å². The number of carbonyl (C=O) groups excluding carboxylic acids is 1. The number of hydrogen-bond acceptors (Lipinski definition) is 4. The van der Waals surface area contributed by atoms with E-state index in [-0.39, 0.29) is 30.1 Å². The van der Waals surface area contributed by atoms with Crippen molar-refractivity contribution in [2.75, 3.05) is 39.4 Å². The molecule has 0 atom stereocenters. The van der Waals surface area contributed by atoms with Gasteiger partial charge in [-0.2, -0.15) is 0 Å². The molecule has 150 valence electrons. The van der Waals surface area contributed by atoms with Gasteiger partial charge in [-0.3, -0.25) is 4.99 Å². The number of halogens is 1. The van der Waals surface area contributed by atoms with Gasteiger partial charge in [0.1, 0.15) is 5.60 Å². The van der Waals surface area contributed by atoms with E-state index in [4.69, 9.17) is 9.47 Å². The summed E-state index contributed by atoms with van der Waals surface area (Å²) in [5.74, 6) is 0.772. The van der Waals surface area contributed by atoms with Crippen LogP contribution in [-0.2, 0) is 9.47 Å². The Morgan fingerprint density at radius 1 is 1.00 bits per heavy atom. The van der Waals surface area contributed by atoms with Crippen LogP contribution in [0.3, 0.4) is 0 Å². The van der Waals surface area contributed by atoms with Gasteiger partial charge in [0.2, 0.25) is 0 Å². The van der Waals surface area contributed by atoms with Crippen molar-refractivity contribution in [2.45, 2.75) is 59.5 Å². The molecule has 1 amide bonds. The Bertz CT molecular complexity index is 360. The molecule has 0 heterocycles. The van der Waals surface area contributed by atoms with Crippen LogP contribution in [0.5, 0.6) is 0 Å². The van der Waals surface area contributed by atoms with Crippen LogP contribution in [0.25, 0.3) is 0 Å². The standard InChI is InChI=1S/C17H36N4O3.HI/c1-6-8-13-23-14-12-20-15(18-7-2)19-10-9-11-21-16(22)24-17(3,4)5;/h6-14H2,1-5H3,(H,21,22)(H2,18,19,20);1H. The quantitative estimate of drug-likeness (QED) is 0.187. The Kier molecular flexibility index (Phi) is 17.7. The zero-order chi connectivity index (χ0) is 18.3. The number of nitrogens with zero attached hydrogens (tertiary/aromatic N) is 1. The predicted molar refractivity (Wildman–Crippen MR) is 114 cm³/mol. The fourth-order valence-corrected chi connectivity index (χ4v) is 1.71. The van der Waals surface area contributed by atoms with Crippen LogP contribution in [0.2, 0.25) is 0 Å². The molecule has 0 rings (SSSR count). The third-order valence-corrected chi connectivity index (χ3v) is 2.80. The molecular weight excluding hydrogens is 435 g/mol. The summed E-state index contributed by atoms with van der Waals surface area (Å²) in [6.07, 6.45) is 2.61. The number of hydrogen-bond donors (Lipinski definition) is 3. The summed E-state index contributed by atoms with van der Waals surface area (Å²) in [4.78, 5) is 16.0. The highest BCUT2D eigenvalue weighted by Gasteiger charge is 2.15. The van der Waals surface area contributed by atoms with Crippen molar-refractivity contribution in [1.29, 1.82) is 0 Å². The summed E-state index contributed by atoms with van der Waals surface area (Å²) in [6.45, 7) is 13.9. The van der Waals surface area contributed by atoms with Gasteiger partial charge in [0.25, 0.3) is 0 Å². The number of carbonyl (C=O) groups is 1. The van der Waals surface area contributed by atoms with Gasteiger partial charge in [-0.05, 0) is 40.5 Å². The molecule has 0 aliphatic heterocycles. The summed E-state index contributed by atoms with van der Waals surface area (Å²) in [5, 5.41) is 9.14. The molecule has 8 heteroatoms. The maximum Gasteiger partial charge on any atom is 0.407 e. The fraction of sp³-hybridized carbons (Fsp3) is 0.882. The van der Waals surface area contributed by atoms with E-state index in [0.29, 0.717) is 19.7 Å². The lowest BCUT2D eigenvalue weighted by Gasteiger charge is -2.19. The largest absolute Gasteiger partial charge is 0.444 e. The average Bonchev–Trinajstić information content (AvgIpc) is 2.48. The monoisotopic (exact) mass is 472 g/mol. The van der Waals surface area contributed by atoms with Gasteiger partial charge in [0.05, 0.1) is 6.61 Å². The van der Waals surface area contributed by atoms with E-state index < -0.39 is 5.60 Å². The molecule has 0 aliphatic carbocycles. The van der Waals surface area contributed by atoms with Crippen molar-refractivity contribution in [3.8, 4) is 0 Å². The first-order valence-corrected chi connectivity index (χ1v) is 8.95. The number of guanidine groups is 1. The molecule has 3 N–H and O–H groups in total. The van der Waals surface area contributed by atoms with Gasteiger partial charge in [0, 0.05) is 32.8 Å². The Morgan fingerprint density at radius 2 is 1.72 bits per heavy atom. The minimum Gasteiger partial charge on any atom is -0.444 e. The molecule has 0 aliphatic rings. The molecule has 0 aromatic rings. The molecular formula is C17H37IN4O3. The summed E-state index contributed by atoms with van der Waals surface area (Å²) in [7, 11) is 0. The normalized spacial score (nSPS) is 11.5. The van der Waals surface area contributed by atoms with Gasteiger partial charge in [-0.25, -0.2) is 4.79 Å². The smallest absolute Gasteiger partial charge is 0.407 e. The topological polar surface area (TPSA) is 84.0 Å². The molecule has 7 nitrogen and oxygen atoms in total. The van der Waals surface area contributed by atoms with E-state index in [2.05, 4.69) is 27.9 Å². The highest BCUT2D eigenvalue weighted by Crippen LogP contribution is 2.06. The van der Waals surface area contributed by atoms with Gasteiger partial charge in [-0.15, -0.1) is 24.0 Å². The molecule has 0 fully saturated rings. The first-order valence-electron chi connectivity index (χ1n) is 8.95. The van der Waals surface area contributed by atoms with E-state index in [1.54, 1.807) is 0 Å². The van der Waals surface area contributed by atoms with Crippen LogP contribution in [0.4, 0.5) is 4.79 Å². The van der Waals surface area contributed by atoms with E-state index >= 15 is 0 Å². The second-order valence-corrected chi connectivity index (χ2v) is 6.44. The number of aliphatic imine (C=N–C) groups is 1. The Balaban J connectivity index is 0. The number of unbranched alkanes of at least 4 members (excludes halogenated alkanes) is 1. The zero-order valence-corrected chi connectivity index (χ0v) is 18.8. The van der Waals surface area contributed by atoms with Gasteiger partial charge in [0.15, 0.2) is 5.96 Å². The van der Waals surface area contributed by atoms with Crippen molar-refractivity contribution >= 4 is 36.0 Å². The lowest BCUT2D eigenvalue weighted by molar-refractivity contribution is 0.0527. The van der Waals surface area contributed by atoms with Crippen LogP contribution < -0.4 is 16.0 Å². The van der Waals surface area contributed by atoms with Crippen molar-refractivity contribution < 1.29 is 14.3 Å².